The van der Waals surface area contributed by atoms with Crippen molar-refractivity contribution in [2.45, 2.75) is 25.2 Å². The Morgan fingerprint density at radius 2 is 1.73 bits per heavy atom. The van der Waals surface area contributed by atoms with Crippen LogP contribution in [-0.4, -0.2) is 29.2 Å². The van der Waals surface area contributed by atoms with Crippen LogP contribution in [0.2, 0.25) is 0 Å². The van der Waals surface area contributed by atoms with Gasteiger partial charge in [-0.1, -0.05) is 6.07 Å². The topological polar surface area (TPSA) is 63.6 Å². The zero-order valence-electron chi connectivity index (χ0n) is 14.8. The summed E-state index contributed by atoms with van der Waals surface area (Å²) in [4.78, 5) is 15.6. The number of hydrogen-bond donors (Lipinski definition) is 1. The fourth-order valence-electron chi connectivity index (χ4n) is 1.96. The molecule has 0 saturated carbocycles. The highest BCUT2D eigenvalue weighted by Gasteiger charge is 2.56. The number of pyridine rings is 1. The van der Waals surface area contributed by atoms with Crippen LogP contribution in [-0.2, 0) is 6.18 Å². The van der Waals surface area contributed by atoms with E-state index in [1.807, 2.05) is 0 Å². The minimum absolute atomic E-state index is 0.253. The predicted octanol–water partition coefficient (Wildman–Crippen LogP) is 5.11. The van der Waals surface area contributed by atoms with Crippen LogP contribution in [0.25, 0.3) is 0 Å². The van der Waals surface area contributed by atoms with Gasteiger partial charge in [0.05, 0.1) is 5.56 Å². The number of ether oxygens (including phenoxy) is 1. The van der Waals surface area contributed by atoms with Gasteiger partial charge in [-0.3, -0.25) is 4.79 Å². The zero-order valence-corrected chi connectivity index (χ0v) is 14.8. The third kappa shape index (κ3) is 5.87. The Hall–Kier alpha value is -3.25. The van der Waals surface area contributed by atoms with E-state index in [0.29, 0.717) is 11.6 Å². The van der Waals surface area contributed by atoms with Crippen LogP contribution in [0.4, 0.5) is 35.1 Å². The first-order valence-electron chi connectivity index (χ1n) is 7.82. The Kier molecular flexibility index (Phi) is 6.33. The summed E-state index contributed by atoms with van der Waals surface area (Å²) in [5.74, 6) is -7.08. The zero-order chi connectivity index (χ0) is 22.7. The molecule has 1 amide bonds. The molecule has 1 heterocycles. The summed E-state index contributed by atoms with van der Waals surface area (Å²) >= 11 is 0. The molecule has 0 bridgehead atoms. The number of halogens is 8. The number of hydrazone groups is 1. The summed E-state index contributed by atoms with van der Waals surface area (Å²) in [6.45, 7) is 1.46. The molecule has 0 aliphatic rings. The van der Waals surface area contributed by atoms with Crippen LogP contribution in [0.5, 0.6) is 11.6 Å². The highest BCUT2D eigenvalue weighted by atomic mass is 19.4. The van der Waals surface area contributed by atoms with Gasteiger partial charge in [0, 0.05) is 6.07 Å². The first-order chi connectivity index (χ1) is 13.7. The van der Waals surface area contributed by atoms with Crippen molar-refractivity contribution in [1.29, 1.82) is 0 Å². The second-order valence-corrected chi connectivity index (χ2v) is 5.82. The number of aromatic nitrogens is 1. The highest BCUT2D eigenvalue weighted by Crippen LogP contribution is 2.34. The normalized spacial score (nSPS) is 12.8. The van der Waals surface area contributed by atoms with Crippen molar-refractivity contribution in [2.24, 2.45) is 5.10 Å². The first-order valence-corrected chi connectivity index (χ1v) is 7.82. The fourth-order valence-corrected chi connectivity index (χ4v) is 1.96. The van der Waals surface area contributed by atoms with E-state index in [2.05, 4.69) is 10.1 Å². The molecule has 0 spiro atoms. The lowest BCUT2D eigenvalue weighted by Gasteiger charge is -2.14. The molecule has 1 aromatic carbocycles. The van der Waals surface area contributed by atoms with Gasteiger partial charge in [0.25, 0.3) is 5.91 Å². The van der Waals surface area contributed by atoms with E-state index in [1.54, 1.807) is 0 Å². The van der Waals surface area contributed by atoms with Gasteiger partial charge in [-0.25, -0.2) is 10.4 Å². The number of rotatable bonds is 5. The average Bonchev–Trinajstić information content (AvgIpc) is 2.59. The number of benzene rings is 1. The Morgan fingerprint density at radius 3 is 2.33 bits per heavy atom. The highest BCUT2D eigenvalue weighted by molar-refractivity contribution is 5.92. The van der Waals surface area contributed by atoms with Crippen molar-refractivity contribution >= 4 is 12.1 Å². The van der Waals surface area contributed by atoms with E-state index in [0.717, 1.165) is 18.2 Å². The first kappa shape index (κ1) is 23.0. The number of hydrogen-bond acceptors (Lipinski definition) is 4. The van der Waals surface area contributed by atoms with Crippen molar-refractivity contribution < 1.29 is 44.7 Å². The molecule has 5 nitrogen and oxygen atoms in total. The maximum Gasteiger partial charge on any atom is 0.459 e. The van der Waals surface area contributed by atoms with E-state index >= 15 is 0 Å². The summed E-state index contributed by atoms with van der Waals surface area (Å²) in [5.41, 5.74) is 0.316. The SMILES string of the molecule is Cc1cc(Oc2cccc(C(F)(F)F)c2)nc(C(=O)NN=CC(F)(F)C(F)(F)F)c1. The van der Waals surface area contributed by atoms with Crippen LogP contribution in [0.1, 0.15) is 21.6 Å². The number of amides is 1. The maximum atomic E-state index is 12.8. The number of alkyl halides is 8. The molecule has 0 atom stereocenters. The predicted molar refractivity (Wildman–Crippen MR) is 87.5 cm³/mol. The third-order valence-corrected chi connectivity index (χ3v) is 3.33. The van der Waals surface area contributed by atoms with Gasteiger partial charge in [-0.2, -0.15) is 40.2 Å². The van der Waals surface area contributed by atoms with E-state index < -0.39 is 41.7 Å². The Bertz CT molecular complexity index is 955. The summed E-state index contributed by atoms with van der Waals surface area (Å²) in [7, 11) is 0. The van der Waals surface area contributed by atoms with Gasteiger partial charge in [0.1, 0.15) is 17.7 Å². The molecule has 2 aromatic rings. The molecule has 30 heavy (non-hydrogen) atoms. The van der Waals surface area contributed by atoms with Crippen molar-refractivity contribution in [3.05, 3.63) is 53.2 Å². The van der Waals surface area contributed by atoms with Crippen LogP contribution in [0.15, 0.2) is 41.5 Å². The number of nitrogens with zero attached hydrogens (tertiary/aromatic N) is 2. The quantitative estimate of drug-likeness (QED) is 0.398. The lowest BCUT2D eigenvalue weighted by Crippen LogP contribution is -2.38. The summed E-state index contributed by atoms with van der Waals surface area (Å²) in [5, 5.41) is 2.57. The van der Waals surface area contributed by atoms with Gasteiger partial charge < -0.3 is 4.74 Å². The lowest BCUT2D eigenvalue weighted by atomic mass is 10.2. The molecule has 1 aromatic heterocycles. The van der Waals surface area contributed by atoms with Crippen molar-refractivity contribution in [1.82, 2.24) is 10.4 Å². The van der Waals surface area contributed by atoms with Crippen molar-refractivity contribution in [3.63, 3.8) is 0 Å². The van der Waals surface area contributed by atoms with Crippen molar-refractivity contribution in [2.75, 3.05) is 0 Å². The van der Waals surface area contributed by atoms with Crippen LogP contribution < -0.4 is 10.2 Å². The molecule has 0 fully saturated rings. The molecular formula is C17H11F8N3O2. The minimum atomic E-state index is -5.89. The molecule has 2 rings (SSSR count). The molecular weight excluding hydrogens is 430 g/mol. The molecule has 0 aliphatic heterocycles. The molecule has 13 heteroatoms. The van der Waals surface area contributed by atoms with Gasteiger partial charge in [-0.05, 0) is 36.8 Å². The molecule has 162 valence electrons. The standard InChI is InChI=1S/C17H11F8N3O2/c1-9-5-12(14(29)28-26-8-15(18,19)17(23,24)25)27-13(6-9)30-11-4-2-3-10(7-11)16(20,21)22/h2-8H,1H3,(H,28,29). The molecule has 1 N–H and O–H groups in total. The van der Waals surface area contributed by atoms with Gasteiger partial charge >= 0.3 is 18.3 Å². The van der Waals surface area contributed by atoms with E-state index in [9.17, 15) is 39.9 Å². The summed E-state index contributed by atoms with van der Waals surface area (Å²) in [6.07, 6.45) is -11.3. The molecule has 0 unspecified atom stereocenters. The monoisotopic (exact) mass is 441 g/mol. The number of nitrogens with one attached hydrogen (secondary N) is 1. The number of carbonyl (C=O) groups is 1. The van der Waals surface area contributed by atoms with Gasteiger partial charge in [-0.15, -0.1) is 0 Å². The van der Waals surface area contributed by atoms with Crippen molar-refractivity contribution in [3.8, 4) is 11.6 Å². The molecule has 0 saturated heterocycles. The number of aryl methyl sites for hydroxylation is 1. The summed E-state index contributed by atoms with van der Waals surface area (Å²) in [6, 6.07) is 6.17. The van der Waals surface area contributed by atoms with E-state index in [1.165, 1.54) is 24.5 Å². The van der Waals surface area contributed by atoms with Gasteiger partial charge in [0.15, 0.2) is 0 Å². The van der Waals surface area contributed by atoms with Crippen LogP contribution in [0.3, 0.4) is 0 Å². The third-order valence-electron chi connectivity index (χ3n) is 3.33. The Labute approximate surface area is 163 Å². The lowest BCUT2D eigenvalue weighted by molar-refractivity contribution is -0.247. The second-order valence-electron chi connectivity index (χ2n) is 5.82. The molecule has 0 radical (unpaired) electrons. The van der Waals surface area contributed by atoms with E-state index in [4.69, 9.17) is 4.74 Å². The Balaban J connectivity index is 2.18. The minimum Gasteiger partial charge on any atom is -0.439 e. The average molecular weight is 441 g/mol. The maximum absolute atomic E-state index is 12.8. The fraction of sp³-hybridized carbons (Fsp3) is 0.235. The number of carbonyl (C=O) groups excluding carboxylic acids is 1. The summed E-state index contributed by atoms with van der Waals surface area (Å²) < 4.78 is 105. The Morgan fingerprint density at radius 1 is 1.07 bits per heavy atom. The van der Waals surface area contributed by atoms with Gasteiger partial charge in [0.2, 0.25) is 5.88 Å². The largest absolute Gasteiger partial charge is 0.459 e. The van der Waals surface area contributed by atoms with E-state index in [-0.39, 0.29) is 11.6 Å². The second kappa shape index (κ2) is 8.24. The molecule has 0 aliphatic carbocycles. The van der Waals surface area contributed by atoms with Crippen LogP contribution >= 0.6 is 0 Å². The smallest absolute Gasteiger partial charge is 0.439 e. The van der Waals surface area contributed by atoms with Crippen LogP contribution in [0, 0.1) is 6.92 Å².